The monoisotopic (exact) mass is 530 g/mol. The molecule has 4 heterocycles. The van der Waals surface area contributed by atoms with E-state index in [2.05, 4.69) is 28.5 Å². The van der Waals surface area contributed by atoms with Gasteiger partial charge in [-0.2, -0.15) is 0 Å². The molecule has 0 amide bonds. The standard InChI is InChI=1S/C21H28FN4O5PS2/c1-5-12-16(31-32(33)30-13-8-11(10(2)3)6-7-21(13,4)34-32)14(22)19(29-12)26-9-23-15-17(26)24-20(28)25-18(15)27/h9,11-14,16,19H,2,5-8H2,1,3-4H3,(H2,24,25,27,28)/t11-,12+,13+,14+,16+,19+,21+,32-/m0/s1. The number of alkyl halides is 1. The Morgan fingerprint density at radius 1 is 1.50 bits per heavy atom. The molecule has 0 spiro atoms. The Kier molecular flexibility index (Phi) is 6.22. The highest BCUT2D eigenvalue weighted by Crippen LogP contribution is 2.76. The first-order valence-corrected chi connectivity index (χ1v) is 15.4. The molecule has 1 saturated carbocycles. The van der Waals surface area contributed by atoms with E-state index in [-0.39, 0.29) is 22.0 Å². The number of aromatic amines is 2. The van der Waals surface area contributed by atoms with E-state index in [4.69, 9.17) is 25.6 Å². The maximum Gasteiger partial charge on any atom is 0.327 e. The fraction of sp³-hybridized carbons (Fsp3) is 0.667. The molecule has 3 aliphatic rings. The lowest BCUT2D eigenvalue weighted by Gasteiger charge is -2.37. The van der Waals surface area contributed by atoms with Gasteiger partial charge in [-0.15, -0.1) is 0 Å². The van der Waals surface area contributed by atoms with Crippen LogP contribution in [0.25, 0.3) is 11.2 Å². The molecule has 0 radical (unpaired) electrons. The third-order valence-corrected chi connectivity index (χ3v) is 12.9. The first-order valence-electron chi connectivity index (χ1n) is 11.4. The van der Waals surface area contributed by atoms with Crippen molar-refractivity contribution in [2.24, 2.45) is 5.92 Å². The number of allylic oxidation sites excluding steroid dienone is 1. The lowest BCUT2D eigenvalue weighted by Crippen LogP contribution is -2.39. The van der Waals surface area contributed by atoms with E-state index in [0.29, 0.717) is 12.3 Å². The van der Waals surface area contributed by atoms with E-state index in [1.54, 1.807) is 0 Å². The van der Waals surface area contributed by atoms with Gasteiger partial charge in [-0.3, -0.25) is 19.3 Å². The van der Waals surface area contributed by atoms with Crippen LogP contribution in [0.15, 0.2) is 28.1 Å². The lowest BCUT2D eigenvalue weighted by molar-refractivity contribution is -0.0224. The number of nitrogens with one attached hydrogen (secondary N) is 2. The van der Waals surface area contributed by atoms with Crippen molar-refractivity contribution < 1.29 is 18.2 Å². The highest BCUT2D eigenvalue weighted by atomic mass is 32.9. The van der Waals surface area contributed by atoms with Crippen molar-refractivity contribution in [1.82, 2.24) is 19.5 Å². The van der Waals surface area contributed by atoms with E-state index in [9.17, 15) is 9.59 Å². The highest BCUT2D eigenvalue weighted by molar-refractivity contribution is 8.68. The molecule has 3 fully saturated rings. The number of aromatic nitrogens is 4. The molecule has 2 aromatic heterocycles. The van der Waals surface area contributed by atoms with Crippen molar-refractivity contribution in [2.75, 3.05) is 0 Å². The van der Waals surface area contributed by atoms with Crippen molar-refractivity contribution >= 4 is 40.0 Å². The summed E-state index contributed by atoms with van der Waals surface area (Å²) in [5.74, 6) is 0.386. The molecule has 0 aromatic carbocycles. The van der Waals surface area contributed by atoms with Crippen LogP contribution in [0.2, 0.25) is 0 Å². The number of imidazole rings is 1. The van der Waals surface area contributed by atoms with Crippen LogP contribution < -0.4 is 11.2 Å². The average molecular weight is 531 g/mol. The third-order valence-electron chi connectivity index (χ3n) is 7.10. The maximum atomic E-state index is 15.9. The van der Waals surface area contributed by atoms with E-state index in [1.165, 1.54) is 22.3 Å². The molecular weight excluding hydrogens is 502 g/mol. The molecule has 9 nitrogen and oxygen atoms in total. The quantitative estimate of drug-likeness (QED) is 0.442. The van der Waals surface area contributed by atoms with Gasteiger partial charge >= 0.3 is 5.69 Å². The summed E-state index contributed by atoms with van der Waals surface area (Å²) in [5.41, 5.74) is -2.96. The van der Waals surface area contributed by atoms with Gasteiger partial charge in [-0.05, 0) is 57.3 Å². The summed E-state index contributed by atoms with van der Waals surface area (Å²) in [4.78, 5) is 32.5. The number of nitrogens with zero attached hydrogens (tertiary/aromatic N) is 2. The van der Waals surface area contributed by atoms with Gasteiger partial charge in [0, 0.05) is 4.75 Å². The fourth-order valence-electron chi connectivity index (χ4n) is 5.10. The van der Waals surface area contributed by atoms with Gasteiger partial charge in [0.15, 0.2) is 17.9 Å². The molecule has 2 aliphatic heterocycles. The van der Waals surface area contributed by atoms with Crippen molar-refractivity contribution in [1.29, 1.82) is 0 Å². The van der Waals surface area contributed by atoms with Crippen LogP contribution >= 0.6 is 17.1 Å². The Hall–Kier alpha value is -1.30. The van der Waals surface area contributed by atoms with E-state index >= 15 is 4.39 Å². The van der Waals surface area contributed by atoms with Gasteiger partial charge in [-0.1, -0.05) is 30.5 Å². The normalized spacial score (nSPS) is 40.0. The number of hydrogen-bond donors (Lipinski definition) is 2. The van der Waals surface area contributed by atoms with Gasteiger partial charge in [0.2, 0.25) is 5.69 Å². The molecule has 0 bridgehead atoms. The molecule has 8 atom stereocenters. The van der Waals surface area contributed by atoms with E-state index < -0.39 is 41.6 Å². The fourth-order valence-corrected chi connectivity index (χ4v) is 12.6. The number of ether oxygens (including phenoxy) is 1. The summed E-state index contributed by atoms with van der Waals surface area (Å²) in [6.45, 7) is 10.2. The SMILES string of the molecule is C=C(C)[C@H]1CC[C@@]2(C)S[P@](=S)(O[C@H]3[C@@H](F)[C@H](n4cnc5c(=O)[nH]c(=O)[nH]c54)O[C@@H]3CC)O[C@@H]2C1. The molecular formula is C21H28FN4O5PS2. The van der Waals surface area contributed by atoms with Crippen LogP contribution in [-0.4, -0.2) is 48.7 Å². The third kappa shape index (κ3) is 4.06. The predicted octanol–water partition coefficient (Wildman–Crippen LogP) is 3.94. The van der Waals surface area contributed by atoms with Gasteiger partial charge < -0.3 is 13.8 Å². The van der Waals surface area contributed by atoms with Gasteiger partial charge in [0.25, 0.3) is 5.56 Å². The zero-order chi connectivity index (χ0) is 24.4. The van der Waals surface area contributed by atoms with Crippen LogP contribution in [-0.2, 0) is 25.6 Å². The zero-order valence-electron chi connectivity index (χ0n) is 19.2. The molecule has 2 saturated heterocycles. The van der Waals surface area contributed by atoms with Gasteiger partial charge in [0.1, 0.15) is 11.8 Å². The highest BCUT2D eigenvalue weighted by Gasteiger charge is 2.56. The molecule has 2 N–H and O–H groups in total. The minimum Gasteiger partial charge on any atom is -0.349 e. The van der Waals surface area contributed by atoms with Crippen LogP contribution in [0.5, 0.6) is 0 Å². The molecule has 186 valence electrons. The minimum atomic E-state index is -2.84. The first kappa shape index (κ1) is 24.4. The number of hydrogen-bond acceptors (Lipinski definition) is 8. The molecule has 0 unspecified atom stereocenters. The largest absolute Gasteiger partial charge is 0.349 e. The minimum absolute atomic E-state index is 0.00111. The second-order valence-electron chi connectivity index (χ2n) is 9.51. The summed E-state index contributed by atoms with van der Waals surface area (Å²) >= 11 is 7.41. The summed E-state index contributed by atoms with van der Waals surface area (Å²) in [6.07, 6.45) is 0.257. The molecule has 34 heavy (non-hydrogen) atoms. The summed E-state index contributed by atoms with van der Waals surface area (Å²) in [6, 6.07) is 0. The van der Waals surface area contributed by atoms with Crippen LogP contribution in [0.4, 0.5) is 4.39 Å². The summed E-state index contributed by atoms with van der Waals surface area (Å²) in [7, 11) is 0. The van der Waals surface area contributed by atoms with Gasteiger partial charge in [-0.25, -0.2) is 14.2 Å². The Morgan fingerprint density at radius 3 is 2.97 bits per heavy atom. The number of rotatable bonds is 5. The molecule has 2 aromatic rings. The lowest BCUT2D eigenvalue weighted by atomic mass is 9.77. The number of halogens is 1. The molecule has 13 heteroatoms. The smallest absolute Gasteiger partial charge is 0.327 e. The van der Waals surface area contributed by atoms with E-state index in [0.717, 1.165) is 24.8 Å². The van der Waals surface area contributed by atoms with Crippen molar-refractivity contribution in [3.05, 3.63) is 39.3 Å². The Balaban J connectivity index is 1.40. The van der Waals surface area contributed by atoms with Crippen LogP contribution in [0, 0.1) is 5.92 Å². The predicted molar refractivity (Wildman–Crippen MR) is 132 cm³/mol. The summed E-state index contributed by atoms with van der Waals surface area (Å²) in [5, 5.41) is 0. The topological polar surface area (TPSA) is 111 Å². The van der Waals surface area contributed by atoms with Gasteiger partial charge in [0.05, 0.1) is 18.5 Å². The average Bonchev–Trinajstić information content (AvgIpc) is 3.39. The maximum absolute atomic E-state index is 15.9. The second kappa shape index (κ2) is 8.67. The first-order chi connectivity index (χ1) is 16.0. The van der Waals surface area contributed by atoms with E-state index in [1.807, 2.05) is 13.8 Å². The van der Waals surface area contributed by atoms with Crippen LogP contribution in [0.1, 0.15) is 52.7 Å². The van der Waals surface area contributed by atoms with Crippen LogP contribution in [0.3, 0.4) is 0 Å². The molecule has 1 aliphatic carbocycles. The van der Waals surface area contributed by atoms with Crippen molar-refractivity contribution in [3.63, 3.8) is 0 Å². The molecule has 5 rings (SSSR count). The summed E-state index contributed by atoms with van der Waals surface area (Å²) < 4.78 is 35.7. The Bertz CT molecular complexity index is 1300. The Morgan fingerprint density at radius 2 is 2.26 bits per heavy atom. The Labute approximate surface area is 204 Å². The number of fused-ring (bicyclic) bond motifs is 2. The van der Waals surface area contributed by atoms with Crippen molar-refractivity contribution in [2.45, 2.75) is 81.9 Å². The number of H-pyrrole nitrogens is 2. The van der Waals surface area contributed by atoms with Crippen molar-refractivity contribution in [3.8, 4) is 0 Å². The zero-order valence-corrected chi connectivity index (χ0v) is 21.7. The second-order valence-corrected chi connectivity index (χ2v) is 16.1.